The van der Waals surface area contributed by atoms with E-state index in [1.165, 1.54) is 29.8 Å². The van der Waals surface area contributed by atoms with Crippen molar-refractivity contribution in [2.45, 2.75) is 37.6 Å². The van der Waals surface area contributed by atoms with E-state index in [1.807, 2.05) is 0 Å². The average molecular weight is 268 g/mol. The van der Waals surface area contributed by atoms with Gasteiger partial charge in [-0.1, -0.05) is 18.2 Å². The van der Waals surface area contributed by atoms with Gasteiger partial charge in [-0.15, -0.1) is 0 Å². The second-order valence-corrected chi connectivity index (χ2v) is 6.82. The quantitative estimate of drug-likeness (QED) is 0.779. The number of fused-ring (bicyclic) bond motifs is 3. The van der Waals surface area contributed by atoms with Gasteiger partial charge in [0.15, 0.2) is 0 Å². The molecule has 20 heavy (non-hydrogen) atoms. The van der Waals surface area contributed by atoms with Crippen LogP contribution in [-0.4, -0.2) is 36.5 Å². The third-order valence-corrected chi connectivity index (χ3v) is 5.67. The average Bonchev–Trinajstić information content (AvgIpc) is 3.17. The number of hydrogen-bond acceptors (Lipinski definition) is 2. The summed E-state index contributed by atoms with van der Waals surface area (Å²) in [6.45, 7) is 3.10. The van der Waals surface area contributed by atoms with E-state index in [9.17, 15) is 4.79 Å². The zero-order valence-electron chi connectivity index (χ0n) is 11.7. The van der Waals surface area contributed by atoms with Crippen molar-refractivity contribution in [2.24, 2.45) is 5.92 Å². The van der Waals surface area contributed by atoms with Crippen LogP contribution >= 0.6 is 0 Å². The Bertz CT molecular complexity index is 593. The Morgan fingerprint density at radius 2 is 2.05 bits per heavy atom. The molecule has 0 bridgehead atoms. The summed E-state index contributed by atoms with van der Waals surface area (Å²) >= 11 is 0. The minimum absolute atomic E-state index is 0.364. The summed E-state index contributed by atoms with van der Waals surface area (Å²) in [6.07, 6.45) is 4.60. The minimum Gasteiger partial charge on any atom is -0.367 e. The maximum Gasteiger partial charge on any atom is 0.225 e. The van der Waals surface area contributed by atoms with Crippen molar-refractivity contribution in [2.75, 3.05) is 24.5 Å². The molecule has 5 rings (SSSR count). The fourth-order valence-corrected chi connectivity index (χ4v) is 4.55. The second-order valence-electron chi connectivity index (χ2n) is 6.82. The van der Waals surface area contributed by atoms with Gasteiger partial charge in [-0.3, -0.25) is 4.79 Å². The molecule has 2 unspecified atom stereocenters. The highest BCUT2D eigenvalue weighted by atomic mass is 16.2. The summed E-state index contributed by atoms with van der Waals surface area (Å²) in [5.74, 6) is 1.35. The monoisotopic (exact) mass is 268 g/mol. The molecule has 1 amide bonds. The third-order valence-electron chi connectivity index (χ3n) is 5.67. The summed E-state index contributed by atoms with van der Waals surface area (Å²) in [5, 5.41) is 0. The molecular weight excluding hydrogens is 248 g/mol. The molecule has 0 N–H and O–H groups in total. The van der Waals surface area contributed by atoms with Crippen molar-refractivity contribution in [3.05, 3.63) is 29.3 Å². The first-order chi connectivity index (χ1) is 9.83. The normalized spacial score (nSPS) is 30.4. The number of hydrogen-bond donors (Lipinski definition) is 0. The van der Waals surface area contributed by atoms with Crippen LogP contribution in [0.1, 0.15) is 36.3 Å². The van der Waals surface area contributed by atoms with Gasteiger partial charge in [-0.05, 0) is 36.8 Å². The molecule has 3 heteroatoms. The van der Waals surface area contributed by atoms with Crippen molar-refractivity contribution < 1.29 is 4.79 Å². The van der Waals surface area contributed by atoms with Crippen LogP contribution in [0, 0.1) is 5.92 Å². The summed E-state index contributed by atoms with van der Waals surface area (Å²) < 4.78 is 0. The minimum atomic E-state index is 0.364. The lowest BCUT2D eigenvalue weighted by Crippen LogP contribution is -2.48. The van der Waals surface area contributed by atoms with Gasteiger partial charge in [0.2, 0.25) is 5.91 Å². The molecule has 3 heterocycles. The molecule has 1 saturated carbocycles. The molecule has 1 aliphatic carbocycles. The highest BCUT2D eigenvalue weighted by Crippen LogP contribution is 2.49. The summed E-state index contributed by atoms with van der Waals surface area (Å²) in [4.78, 5) is 17.1. The highest BCUT2D eigenvalue weighted by Gasteiger charge is 2.46. The zero-order chi connectivity index (χ0) is 13.3. The molecule has 1 aromatic rings. The molecule has 0 aromatic heterocycles. The maximum atomic E-state index is 12.3. The first-order valence-corrected chi connectivity index (χ1v) is 8.00. The number of likely N-dealkylation sites (tertiary alicyclic amines) is 1. The molecule has 1 aromatic carbocycles. The number of piperidine rings is 1. The summed E-state index contributed by atoms with van der Waals surface area (Å²) in [7, 11) is 0. The molecule has 2 atom stereocenters. The summed E-state index contributed by atoms with van der Waals surface area (Å²) in [6, 6.07) is 7.44. The Kier molecular flexibility index (Phi) is 2.11. The molecule has 0 spiro atoms. The number of nitrogens with zero attached hydrogens (tertiary/aromatic N) is 2. The van der Waals surface area contributed by atoms with Gasteiger partial charge in [0.05, 0.1) is 0 Å². The van der Waals surface area contributed by atoms with E-state index in [0.29, 0.717) is 23.8 Å². The number of carbonyl (C=O) groups excluding carboxylic acids is 1. The van der Waals surface area contributed by atoms with Gasteiger partial charge in [-0.2, -0.15) is 0 Å². The SMILES string of the molecule is O=C(C1CC1)N1CCC2C(C1)c1cccc3c1N2CC3. The van der Waals surface area contributed by atoms with Gasteiger partial charge in [0.25, 0.3) is 0 Å². The Balaban J connectivity index is 1.49. The van der Waals surface area contributed by atoms with Gasteiger partial charge in [0.1, 0.15) is 0 Å². The van der Waals surface area contributed by atoms with E-state index < -0.39 is 0 Å². The van der Waals surface area contributed by atoms with E-state index >= 15 is 0 Å². The largest absolute Gasteiger partial charge is 0.367 e. The number of amides is 1. The highest BCUT2D eigenvalue weighted by molar-refractivity contribution is 5.81. The number of para-hydroxylation sites is 1. The fourth-order valence-electron chi connectivity index (χ4n) is 4.55. The van der Waals surface area contributed by atoms with E-state index in [-0.39, 0.29) is 0 Å². The van der Waals surface area contributed by atoms with Gasteiger partial charge >= 0.3 is 0 Å². The Labute approximate surface area is 119 Å². The van der Waals surface area contributed by atoms with Crippen LogP contribution in [0.25, 0.3) is 0 Å². The Morgan fingerprint density at radius 3 is 2.90 bits per heavy atom. The molecule has 4 aliphatic rings. The van der Waals surface area contributed by atoms with Crippen LogP contribution in [0.5, 0.6) is 0 Å². The molecule has 1 saturated heterocycles. The zero-order valence-corrected chi connectivity index (χ0v) is 11.7. The fraction of sp³-hybridized carbons (Fsp3) is 0.588. The second kappa shape index (κ2) is 3.78. The predicted molar refractivity (Wildman–Crippen MR) is 77.9 cm³/mol. The Morgan fingerprint density at radius 1 is 1.15 bits per heavy atom. The molecule has 104 valence electrons. The maximum absolute atomic E-state index is 12.3. The van der Waals surface area contributed by atoms with E-state index in [1.54, 1.807) is 0 Å². The van der Waals surface area contributed by atoms with Gasteiger partial charge < -0.3 is 9.80 Å². The first-order valence-electron chi connectivity index (χ1n) is 8.00. The third kappa shape index (κ3) is 1.38. The Hall–Kier alpha value is -1.51. The smallest absolute Gasteiger partial charge is 0.225 e. The lowest BCUT2D eigenvalue weighted by atomic mass is 9.87. The van der Waals surface area contributed by atoms with Crippen LogP contribution in [0.4, 0.5) is 5.69 Å². The lowest BCUT2D eigenvalue weighted by Gasteiger charge is -2.38. The van der Waals surface area contributed by atoms with E-state index in [0.717, 1.165) is 32.4 Å². The molecule has 0 radical (unpaired) electrons. The number of carbonyl (C=O) groups is 1. The van der Waals surface area contributed by atoms with Crippen molar-refractivity contribution in [3.63, 3.8) is 0 Å². The predicted octanol–water partition coefficient (Wildman–Crippen LogP) is 2.16. The van der Waals surface area contributed by atoms with E-state index in [4.69, 9.17) is 0 Å². The van der Waals surface area contributed by atoms with Crippen LogP contribution in [0.15, 0.2) is 18.2 Å². The van der Waals surface area contributed by atoms with Crippen LogP contribution in [0.3, 0.4) is 0 Å². The molecule has 2 fully saturated rings. The topological polar surface area (TPSA) is 23.6 Å². The van der Waals surface area contributed by atoms with Crippen LogP contribution in [-0.2, 0) is 11.2 Å². The van der Waals surface area contributed by atoms with Crippen molar-refractivity contribution in [1.29, 1.82) is 0 Å². The number of anilines is 1. The lowest BCUT2D eigenvalue weighted by molar-refractivity contribution is -0.133. The van der Waals surface area contributed by atoms with Crippen molar-refractivity contribution in [1.82, 2.24) is 4.90 Å². The molecule has 3 nitrogen and oxygen atoms in total. The van der Waals surface area contributed by atoms with Crippen molar-refractivity contribution in [3.8, 4) is 0 Å². The van der Waals surface area contributed by atoms with Gasteiger partial charge in [0, 0.05) is 43.2 Å². The number of rotatable bonds is 1. The molecular formula is C17H20N2O. The van der Waals surface area contributed by atoms with Crippen LogP contribution in [0.2, 0.25) is 0 Å². The molecule has 3 aliphatic heterocycles. The number of benzene rings is 1. The standard InChI is InChI=1S/C17H20N2O/c20-17(12-4-5-12)18-8-7-15-14(10-18)13-3-1-2-11-6-9-19(15)16(11)13/h1-3,12,14-15H,4-10H2. The van der Waals surface area contributed by atoms with Crippen molar-refractivity contribution >= 4 is 11.6 Å². The summed E-state index contributed by atoms with van der Waals surface area (Å²) in [5.41, 5.74) is 4.55. The van der Waals surface area contributed by atoms with E-state index in [2.05, 4.69) is 28.0 Å². The van der Waals surface area contributed by atoms with Crippen LogP contribution < -0.4 is 4.90 Å². The first kappa shape index (κ1) is 11.2. The van der Waals surface area contributed by atoms with Gasteiger partial charge in [-0.25, -0.2) is 0 Å².